The van der Waals surface area contributed by atoms with Crippen molar-refractivity contribution in [2.45, 2.75) is 33.0 Å². The zero-order chi connectivity index (χ0) is 20.1. The van der Waals surface area contributed by atoms with Crippen LogP contribution in [0.5, 0.6) is 0 Å². The number of amides is 2. The standard InChI is InChI=1S/C21H27N3O4/c1-21(19(25)26)9-10-24(15-21)20(27)22-12-16-6-3-4-7-17(16)13-23(2)14-18-8-5-11-28-18/h3-8,11H,9-10,12-15H2,1-2H3,(H,22,27)(H,25,26). The van der Waals surface area contributed by atoms with Crippen LogP contribution in [-0.2, 0) is 24.4 Å². The van der Waals surface area contributed by atoms with E-state index in [1.807, 2.05) is 37.4 Å². The van der Waals surface area contributed by atoms with Gasteiger partial charge >= 0.3 is 12.0 Å². The first-order valence-electron chi connectivity index (χ1n) is 9.41. The molecule has 0 aliphatic carbocycles. The van der Waals surface area contributed by atoms with Crippen LogP contribution in [0.25, 0.3) is 0 Å². The number of nitrogens with one attached hydrogen (secondary N) is 1. The molecule has 1 aliphatic heterocycles. The topological polar surface area (TPSA) is 86.0 Å². The van der Waals surface area contributed by atoms with Crippen LogP contribution in [0.4, 0.5) is 4.79 Å². The molecule has 7 nitrogen and oxygen atoms in total. The minimum atomic E-state index is -0.857. The monoisotopic (exact) mass is 385 g/mol. The number of hydrogen-bond acceptors (Lipinski definition) is 4. The molecular formula is C21H27N3O4. The summed E-state index contributed by atoms with van der Waals surface area (Å²) in [4.78, 5) is 27.6. The number of hydrogen-bond donors (Lipinski definition) is 2. The molecule has 0 saturated carbocycles. The van der Waals surface area contributed by atoms with Crippen molar-refractivity contribution in [3.63, 3.8) is 0 Å². The van der Waals surface area contributed by atoms with Crippen LogP contribution in [0.3, 0.4) is 0 Å². The van der Waals surface area contributed by atoms with Crippen molar-refractivity contribution < 1.29 is 19.1 Å². The second kappa shape index (κ2) is 8.48. The van der Waals surface area contributed by atoms with Crippen molar-refractivity contribution in [1.82, 2.24) is 15.1 Å². The summed E-state index contributed by atoms with van der Waals surface area (Å²) in [5.74, 6) is 0.0523. The molecule has 2 N–H and O–H groups in total. The molecule has 0 bridgehead atoms. The SMILES string of the molecule is CN(Cc1ccco1)Cc1ccccc1CNC(=O)N1CCC(C)(C(=O)O)C1. The molecule has 3 rings (SSSR count). The van der Waals surface area contributed by atoms with E-state index in [0.717, 1.165) is 23.4 Å². The summed E-state index contributed by atoms with van der Waals surface area (Å²) in [7, 11) is 2.02. The maximum atomic E-state index is 12.5. The number of urea groups is 1. The number of rotatable bonds is 7. The van der Waals surface area contributed by atoms with Crippen LogP contribution in [0.1, 0.15) is 30.2 Å². The number of nitrogens with zero attached hydrogens (tertiary/aromatic N) is 2. The van der Waals surface area contributed by atoms with E-state index in [0.29, 0.717) is 26.1 Å². The second-order valence-electron chi connectivity index (χ2n) is 7.72. The summed E-state index contributed by atoms with van der Waals surface area (Å²) < 4.78 is 5.40. The van der Waals surface area contributed by atoms with Crippen molar-refractivity contribution in [2.24, 2.45) is 5.41 Å². The summed E-state index contributed by atoms with van der Waals surface area (Å²) in [5, 5.41) is 12.3. The molecule has 1 aromatic carbocycles. The number of carboxylic acid groups (broad SMARTS) is 1. The molecule has 1 fully saturated rings. The van der Waals surface area contributed by atoms with Gasteiger partial charge in [0.05, 0.1) is 18.2 Å². The highest BCUT2D eigenvalue weighted by molar-refractivity contribution is 5.79. The zero-order valence-electron chi connectivity index (χ0n) is 16.4. The Kier molecular flexibility index (Phi) is 6.04. The van der Waals surface area contributed by atoms with Crippen LogP contribution in [0, 0.1) is 5.41 Å². The number of furan rings is 1. The van der Waals surface area contributed by atoms with E-state index < -0.39 is 11.4 Å². The minimum Gasteiger partial charge on any atom is -0.481 e. The Balaban J connectivity index is 1.56. The third-order valence-corrected chi connectivity index (χ3v) is 5.27. The van der Waals surface area contributed by atoms with E-state index in [1.165, 1.54) is 0 Å². The highest BCUT2D eigenvalue weighted by atomic mass is 16.4. The first-order chi connectivity index (χ1) is 13.4. The highest BCUT2D eigenvalue weighted by Gasteiger charge is 2.42. The van der Waals surface area contributed by atoms with E-state index in [4.69, 9.17) is 4.42 Å². The molecule has 2 heterocycles. The third-order valence-electron chi connectivity index (χ3n) is 5.27. The largest absolute Gasteiger partial charge is 0.481 e. The summed E-state index contributed by atoms with van der Waals surface area (Å²) in [5.41, 5.74) is 1.32. The average molecular weight is 385 g/mol. The first-order valence-corrected chi connectivity index (χ1v) is 9.41. The molecule has 1 saturated heterocycles. The lowest BCUT2D eigenvalue weighted by Crippen LogP contribution is -2.40. The molecule has 1 atom stereocenters. The van der Waals surface area contributed by atoms with Gasteiger partial charge in [-0.15, -0.1) is 0 Å². The molecule has 2 amide bonds. The molecule has 1 aromatic heterocycles. The summed E-state index contributed by atoms with van der Waals surface area (Å²) in [6.07, 6.45) is 2.14. The van der Waals surface area contributed by atoms with E-state index in [-0.39, 0.29) is 12.6 Å². The second-order valence-corrected chi connectivity index (χ2v) is 7.72. The van der Waals surface area contributed by atoms with E-state index in [1.54, 1.807) is 18.1 Å². The normalized spacial score (nSPS) is 19.2. The molecule has 0 spiro atoms. The van der Waals surface area contributed by atoms with Gasteiger partial charge in [0.25, 0.3) is 0 Å². The van der Waals surface area contributed by atoms with Gasteiger partial charge in [0.15, 0.2) is 0 Å². The molecule has 2 aromatic rings. The van der Waals surface area contributed by atoms with E-state index >= 15 is 0 Å². The lowest BCUT2D eigenvalue weighted by Gasteiger charge is -2.21. The molecule has 7 heteroatoms. The van der Waals surface area contributed by atoms with Gasteiger partial charge < -0.3 is 19.7 Å². The lowest BCUT2D eigenvalue weighted by molar-refractivity contribution is -0.147. The maximum absolute atomic E-state index is 12.5. The van der Waals surface area contributed by atoms with Gasteiger partial charge in [0.2, 0.25) is 0 Å². The van der Waals surface area contributed by atoms with Gasteiger partial charge in [-0.05, 0) is 43.7 Å². The van der Waals surface area contributed by atoms with Gasteiger partial charge in [0, 0.05) is 26.2 Å². The number of carboxylic acids is 1. The number of benzene rings is 1. The number of aliphatic carboxylic acids is 1. The van der Waals surface area contributed by atoms with Crippen LogP contribution < -0.4 is 5.32 Å². The summed E-state index contributed by atoms with van der Waals surface area (Å²) in [6, 6.07) is 11.6. The van der Waals surface area contributed by atoms with Gasteiger partial charge in [0.1, 0.15) is 5.76 Å². The number of carbonyl (C=O) groups excluding carboxylic acids is 1. The van der Waals surface area contributed by atoms with Crippen LogP contribution in [0.15, 0.2) is 47.1 Å². The molecule has 0 radical (unpaired) electrons. The predicted molar refractivity (Wildman–Crippen MR) is 104 cm³/mol. The number of likely N-dealkylation sites (tertiary alicyclic amines) is 1. The zero-order valence-corrected chi connectivity index (χ0v) is 16.4. The Morgan fingerprint density at radius 3 is 2.61 bits per heavy atom. The summed E-state index contributed by atoms with van der Waals surface area (Å²) >= 11 is 0. The van der Waals surface area contributed by atoms with Gasteiger partial charge in [-0.1, -0.05) is 24.3 Å². The minimum absolute atomic E-state index is 0.219. The first kappa shape index (κ1) is 19.9. The van der Waals surface area contributed by atoms with Crippen molar-refractivity contribution in [3.05, 3.63) is 59.5 Å². The molecule has 150 valence electrons. The maximum Gasteiger partial charge on any atom is 0.317 e. The fourth-order valence-electron chi connectivity index (χ4n) is 3.49. The molecular weight excluding hydrogens is 358 g/mol. The average Bonchev–Trinajstić information content (AvgIpc) is 3.31. The van der Waals surface area contributed by atoms with Crippen molar-refractivity contribution in [1.29, 1.82) is 0 Å². The Hall–Kier alpha value is -2.80. The highest BCUT2D eigenvalue weighted by Crippen LogP contribution is 2.30. The quantitative estimate of drug-likeness (QED) is 0.765. The Labute approximate surface area is 164 Å². The predicted octanol–water partition coefficient (Wildman–Crippen LogP) is 2.92. The Morgan fingerprint density at radius 1 is 1.21 bits per heavy atom. The van der Waals surface area contributed by atoms with Crippen molar-refractivity contribution in [3.8, 4) is 0 Å². The van der Waals surface area contributed by atoms with Gasteiger partial charge in [-0.3, -0.25) is 9.69 Å². The molecule has 28 heavy (non-hydrogen) atoms. The third kappa shape index (κ3) is 4.72. The van der Waals surface area contributed by atoms with Gasteiger partial charge in [-0.25, -0.2) is 4.79 Å². The fourth-order valence-corrected chi connectivity index (χ4v) is 3.49. The lowest BCUT2D eigenvalue weighted by atomic mass is 9.90. The smallest absolute Gasteiger partial charge is 0.317 e. The van der Waals surface area contributed by atoms with E-state index in [9.17, 15) is 14.7 Å². The van der Waals surface area contributed by atoms with Crippen LogP contribution in [0.2, 0.25) is 0 Å². The molecule has 1 aliphatic rings. The number of carbonyl (C=O) groups is 2. The van der Waals surface area contributed by atoms with Crippen molar-refractivity contribution in [2.75, 3.05) is 20.1 Å². The van der Waals surface area contributed by atoms with Crippen molar-refractivity contribution >= 4 is 12.0 Å². The van der Waals surface area contributed by atoms with Crippen LogP contribution >= 0.6 is 0 Å². The van der Waals surface area contributed by atoms with Gasteiger partial charge in [-0.2, -0.15) is 0 Å². The fraction of sp³-hybridized carbons (Fsp3) is 0.429. The Bertz CT molecular complexity index is 821. The van der Waals surface area contributed by atoms with Crippen LogP contribution in [-0.4, -0.2) is 47.0 Å². The Morgan fingerprint density at radius 2 is 1.96 bits per heavy atom. The van der Waals surface area contributed by atoms with E-state index in [2.05, 4.69) is 16.3 Å². The molecule has 1 unspecified atom stereocenters. The summed E-state index contributed by atoms with van der Waals surface area (Å²) in [6.45, 7) is 4.23.